The molecule has 0 aliphatic carbocycles. The standard InChI is InChI=1S/C11H16ClFN2O/c1-6(5-16)7(2)15-11-3-8(12)9(13)4-10(11)14/h3-4,6-7,15-16H,5,14H2,1-2H3. The molecule has 3 nitrogen and oxygen atoms in total. The second-order valence-corrected chi connectivity index (χ2v) is 4.35. The van der Waals surface area contributed by atoms with E-state index >= 15 is 0 Å². The topological polar surface area (TPSA) is 58.3 Å². The Bertz CT molecular complexity index is 373. The molecular weight excluding hydrogens is 231 g/mol. The Labute approximate surface area is 99.4 Å². The molecule has 0 amide bonds. The van der Waals surface area contributed by atoms with Crippen molar-refractivity contribution < 1.29 is 9.50 Å². The van der Waals surface area contributed by atoms with Gasteiger partial charge in [-0.1, -0.05) is 18.5 Å². The van der Waals surface area contributed by atoms with Crippen LogP contribution in [0.3, 0.4) is 0 Å². The van der Waals surface area contributed by atoms with Gasteiger partial charge in [-0.25, -0.2) is 4.39 Å². The summed E-state index contributed by atoms with van der Waals surface area (Å²) in [6.45, 7) is 3.89. The lowest BCUT2D eigenvalue weighted by Gasteiger charge is -2.21. The van der Waals surface area contributed by atoms with Crippen LogP contribution < -0.4 is 11.1 Å². The average molecular weight is 247 g/mol. The highest BCUT2D eigenvalue weighted by Crippen LogP contribution is 2.27. The zero-order valence-electron chi connectivity index (χ0n) is 9.30. The summed E-state index contributed by atoms with van der Waals surface area (Å²) in [6.07, 6.45) is 0. The summed E-state index contributed by atoms with van der Waals surface area (Å²) in [4.78, 5) is 0. The number of hydrogen-bond donors (Lipinski definition) is 3. The average Bonchev–Trinajstić information content (AvgIpc) is 2.24. The quantitative estimate of drug-likeness (QED) is 0.716. The minimum absolute atomic E-state index is 0.0221. The number of halogens is 2. The number of anilines is 2. The van der Waals surface area contributed by atoms with E-state index in [9.17, 15) is 4.39 Å². The van der Waals surface area contributed by atoms with Crippen LogP contribution in [0.25, 0.3) is 0 Å². The molecule has 90 valence electrons. The van der Waals surface area contributed by atoms with Crippen molar-refractivity contribution in [3.8, 4) is 0 Å². The van der Waals surface area contributed by atoms with Crippen LogP contribution in [-0.2, 0) is 0 Å². The number of aliphatic hydroxyl groups excluding tert-OH is 1. The van der Waals surface area contributed by atoms with Crippen molar-refractivity contribution in [1.29, 1.82) is 0 Å². The maximum atomic E-state index is 13.0. The van der Waals surface area contributed by atoms with Gasteiger partial charge in [0.25, 0.3) is 0 Å². The van der Waals surface area contributed by atoms with Crippen LogP contribution in [0.4, 0.5) is 15.8 Å². The van der Waals surface area contributed by atoms with Crippen LogP contribution in [0.5, 0.6) is 0 Å². The first kappa shape index (κ1) is 13.1. The molecule has 16 heavy (non-hydrogen) atoms. The van der Waals surface area contributed by atoms with E-state index in [0.717, 1.165) is 0 Å². The molecule has 0 aromatic heterocycles. The van der Waals surface area contributed by atoms with E-state index in [0.29, 0.717) is 11.4 Å². The molecule has 0 saturated heterocycles. The lowest BCUT2D eigenvalue weighted by Crippen LogP contribution is -2.26. The van der Waals surface area contributed by atoms with Gasteiger partial charge >= 0.3 is 0 Å². The van der Waals surface area contributed by atoms with Crippen LogP contribution in [-0.4, -0.2) is 17.8 Å². The molecule has 0 fully saturated rings. The third-order valence-corrected chi connectivity index (χ3v) is 2.91. The zero-order chi connectivity index (χ0) is 12.3. The van der Waals surface area contributed by atoms with Gasteiger partial charge in [-0.2, -0.15) is 0 Å². The Hall–Kier alpha value is -1.00. The van der Waals surface area contributed by atoms with E-state index in [2.05, 4.69) is 5.32 Å². The fraction of sp³-hybridized carbons (Fsp3) is 0.455. The molecule has 1 aromatic carbocycles. The number of hydrogen-bond acceptors (Lipinski definition) is 3. The molecule has 1 rings (SSSR count). The Morgan fingerprint density at radius 2 is 2.12 bits per heavy atom. The SMILES string of the molecule is CC(CO)C(C)Nc1cc(Cl)c(F)cc1N. The van der Waals surface area contributed by atoms with Crippen LogP contribution in [0.15, 0.2) is 12.1 Å². The molecule has 1 aromatic rings. The Kier molecular flexibility index (Phi) is 4.38. The van der Waals surface area contributed by atoms with E-state index in [4.69, 9.17) is 22.4 Å². The number of nitrogen functional groups attached to an aromatic ring is 1. The smallest absolute Gasteiger partial charge is 0.143 e. The summed E-state index contributed by atoms with van der Waals surface area (Å²) < 4.78 is 13.0. The van der Waals surface area contributed by atoms with Crippen molar-refractivity contribution in [3.05, 3.63) is 23.0 Å². The van der Waals surface area contributed by atoms with Crippen molar-refractivity contribution in [2.24, 2.45) is 5.92 Å². The first-order valence-corrected chi connectivity index (χ1v) is 5.45. The first-order chi connectivity index (χ1) is 7.45. The predicted octanol–water partition coefficient (Wildman–Crippen LogP) is 2.49. The fourth-order valence-corrected chi connectivity index (χ4v) is 1.40. The van der Waals surface area contributed by atoms with Crippen LogP contribution >= 0.6 is 11.6 Å². The molecule has 5 heteroatoms. The minimum Gasteiger partial charge on any atom is -0.397 e. The Morgan fingerprint density at radius 1 is 1.50 bits per heavy atom. The van der Waals surface area contributed by atoms with Crippen molar-refractivity contribution in [1.82, 2.24) is 0 Å². The van der Waals surface area contributed by atoms with E-state index in [1.165, 1.54) is 12.1 Å². The Balaban J connectivity index is 2.85. The van der Waals surface area contributed by atoms with Crippen LogP contribution in [0.1, 0.15) is 13.8 Å². The highest BCUT2D eigenvalue weighted by atomic mass is 35.5. The molecule has 0 heterocycles. The molecule has 0 aliphatic heterocycles. The van der Waals surface area contributed by atoms with E-state index in [1.54, 1.807) is 0 Å². The predicted molar refractivity (Wildman–Crippen MR) is 65.2 cm³/mol. The van der Waals surface area contributed by atoms with Gasteiger partial charge in [0.05, 0.1) is 16.4 Å². The summed E-state index contributed by atoms with van der Waals surface area (Å²) in [5.41, 5.74) is 6.54. The summed E-state index contributed by atoms with van der Waals surface area (Å²) in [5, 5.41) is 12.1. The highest BCUT2D eigenvalue weighted by molar-refractivity contribution is 6.31. The van der Waals surface area contributed by atoms with Gasteiger partial charge in [-0.05, 0) is 18.9 Å². The number of rotatable bonds is 4. The van der Waals surface area contributed by atoms with E-state index in [-0.39, 0.29) is 23.6 Å². The molecule has 2 atom stereocenters. The zero-order valence-corrected chi connectivity index (χ0v) is 10.1. The maximum Gasteiger partial charge on any atom is 0.143 e. The number of nitrogens with one attached hydrogen (secondary N) is 1. The van der Waals surface area contributed by atoms with Crippen molar-refractivity contribution in [2.45, 2.75) is 19.9 Å². The third kappa shape index (κ3) is 3.00. The normalized spacial score (nSPS) is 14.6. The lowest BCUT2D eigenvalue weighted by atomic mass is 10.0. The Morgan fingerprint density at radius 3 is 2.69 bits per heavy atom. The monoisotopic (exact) mass is 246 g/mol. The maximum absolute atomic E-state index is 13.0. The summed E-state index contributed by atoms with van der Waals surface area (Å²) in [5.74, 6) is -0.462. The molecule has 0 saturated carbocycles. The highest BCUT2D eigenvalue weighted by Gasteiger charge is 2.13. The van der Waals surface area contributed by atoms with Gasteiger partial charge < -0.3 is 16.2 Å². The number of nitrogens with two attached hydrogens (primary N) is 1. The molecule has 0 spiro atoms. The van der Waals surface area contributed by atoms with E-state index < -0.39 is 5.82 Å². The van der Waals surface area contributed by atoms with E-state index in [1.807, 2.05) is 13.8 Å². The molecule has 0 bridgehead atoms. The number of benzene rings is 1. The molecule has 4 N–H and O–H groups in total. The number of aliphatic hydroxyl groups is 1. The van der Waals surface area contributed by atoms with Gasteiger partial charge in [0.2, 0.25) is 0 Å². The molecule has 0 aliphatic rings. The molecule has 2 unspecified atom stereocenters. The van der Waals surface area contributed by atoms with Crippen molar-refractivity contribution in [2.75, 3.05) is 17.7 Å². The van der Waals surface area contributed by atoms with Crippen LogP contribution in [0.2, 0.25) is 5.02 Å². The second kappa shape index (κ2) is 5.37. The fourth-order valence-electron chi connectivity index (χ4n) is 1.23. The lowest BCUT2D eigenvalue weighted by molar-refractivity contribution is 0.226. The van der Waals surface area contributed by atoms with Gasteiger partial charge in [0.1, 0.15) is 5.82 Å². The largest absolute Gasteiger partial charge is 0.397 e. The van der Waals surface area contributed by atoms with Crippen molar-refractivity contribution in [3.63, 3.8) is 0 Å². The summed E-state index contributed by atoms with van der Waals surface area (Å²) in [6, 6.07) is 2.65. The second-order valence-electron chi connectivity index (χ2n) is 3.95. The molecule has 0 radical (unpaired) electrons. The van der Waals surface area contributed by atoms with Gasteiger partial charge in [0.15, 0.2) is 0 Å². The third-order valence-electron chi connectivity index (χ3n) is 2.62. The van der Waals surface area contributed by atoms with Gasteiger partial charge in [-0.3, -0.25) is 0 Å². The molecular formula is C11H16ClFN2O. The van der Waals surface area contributed by atoms with Gasteiger partial charge in [0, 0.05) is 18.7 Å². The minimum atomic E-state index is -0.535. The first-order valence-electron chi connectivity index (χ1n) is 5.07. The summed E-state index contributed by atoms with van der Waals surface area (Å²) in [7, 11) is 0. The summed E-state index contributed by atoms with van der Waals surface area (Å²) >= 11 is 5.66. The van der Waals surface area contributed by atoms with Gasteiger partial charge in [-0.15, -0.1) is 0 Å². The van der Waals surface area contributed by atoms with Crippen LogP contribution in [0, 0.1) is 11.7 Å². The van der Waals surface area contributed by atoms with Crippen molar-refractivity contribution >= 4 is 23.0 Å².